The van der Waals surface area contributed by atoms with E-state index in [0.29, 0.717) is 12.1 Å². The molecule has 17 heavy (non-hydrogen) atoms. The van der Waals surface area contributed by atoms with Gasteiger partial charge in [0.25, 0.3) is 0 Å². The minimum Gasteiger partial charge on any atom is -0.310 e. The van der Waals surface area contributed by atoms with Gasteiger partial charge in [0.05, 0.1) is 6.54 Å². The highest BCUT2D eigenvalue weighted by molar-refractivity contribution is 4.81. The van der Waals surface area contributed by atoms with E-state index in [9.17, 15) is 0 Å². The summed E-state index contributed by atoms with van der Waals surface area (Å²) in [5.74, 6) is 1.73. The number of nitrogens with one attached hydrogen (secondary N) is 1. The quantitative estimate of drug-likeness (QED) is 0.870. The molecular formula is C13H24N4. The van der Waals surface area contributed by atoms with Crippen LogP contribution in [0.3, 0.4) is 0 Å². The van der Waals surface area contributed by atoms with Crippen LogP contribution in [0.15, 0.2) is 12.7 Å². The molecule has 1 saturated carbocycles. The molecular weight excluding hydrogens is 212 g/mol. The first kappa shape index (κ1) is 12.6. The second kappa shape index (κ2) is 5.63. The van der Waals surface area contributed by atoms with Crippen LogP contribution in [0.5, 0.6) is 0 Å². The summed E-state index contributed by atoms with van der Waals surface area (Å²) < 4.78 is 1.90. The molecule has 0 radical (unpaired) electrons. The minimum atomic E-state index is 0.460. The molecule has 0 spiro atoms. The predicted octanol–water partition coefficient (Wildman–Crippen LogP) is 2.08. The van der Waals surface area contributed by atoms with Crippen molar-refractivity contribution in [2.75, 3.05) is 0 Å². The van der Waals surface area contributed by atoms with Crippen LogP contribution >= 0.6 is 0 Å². The minimum absolute atomic E-state index is 0.460. The van der Waals surface area contributed by atoms with E-state index in [1.54, 1.807) is 12.7 Å². The number of hydrogen-bond acceptors (Lipinski definition) is 3. The second-order valence-electron chi connectivity index (χ2n) is 5.65. The smallest absolute Gasteiger partial charge is 0.137 e. The third-order valence-corrected chi connectivity index (χ3v) is 4.05. The monoisotopic (exact) mass is 236 g/mol. The van der Waals surface area contributed by atoms with Crippen molar-refractivity contribution in [2.45, 2.75) is 58.7 Å². The van der Waals surface area contributed by atoms with Crippen LogP contribution in [0, 0.1) is 11.8 Å². The third kappa shape index (κ3) is 3.53. The first-order chi connectivity index (χ1) is 8.15. The van der Waals surface area contributed by atoms with Gasteiger partial charge in [-0.15, -0.1) is 0 Å². The molecule has 96 valence electrons. The van der Waals surface area contributed by atoms with Gasteiger partial charge in [-0.05, 0) is 38.0 Å². The summed E-state index contributed by atoms with van der Waals surface area (Å²) in [4.78, 5) is 3.97. The van der Waals surface area contributed by atoms with Crippen molar-refractivity contribution in [2.24, 2.45) is 11.8 Å². The Morgan fingerprint density at radius 3 is 2.82 bits per heavy atom. The Balaban J connectivity index is 1.77. The lowest BCUT2D eigenvalue weighted by Gasteiger charge is -2.34. The van der Waals surface area contributed by atoms with Crippen LogP contribution in [0.4, 0.5) is 0 Å². The van der Waals surface area contributed by atoms with E-state index in [0.717, 1.165) is 18.4 Å². The molecule has 2 rings (SSSR count). The van der Waals surface area contributed by atoms with Crippen molar-refractivity contribution in [3.8, 4) is 0 Å². The Kier molecular flexibility index (Phi) is 4.15. The van der Waals surface area contributed by atoms with Gasteiger partial charge in [0.15, 0.2) is 0 Å². The fourth-order valence-electron chi connectivity index (χ4n) is 2.76. The zero-order valence-corrected chi connectivity index (χ0v) is 11.1. The predicted molar refractivity (Wildman–Crippen MR) is 68.6 cm³/mol. The Hall–Kier alpha value is -0.900. The molecule has 0 saturated heterocycles. The van der Waals surface area contributed by atoms with Gasteiger partial charge in [0, 0.05) is 12.1 Å². The van der Waals surface area contributed by atoms with E-state index in [2.05, 4.69) is 36.2 Å². The second-order valence-corrected chi connectivity index (χ2v) is 5.65. The molecule has 1 aromatic heterocycles. The fourth-order valence-corrected chi connectivity index (χ4v) is 2.76. The van der Waals surface area contributed by atoms with Crippen molar-refractivity contribution in [3.63, 3.8) is 0 Å². The largest absolute Gasteiger partial charge is 0.310 e. The standard InChI is InChI=1S/C13H24N4/c1-10-4-5-13(6-11(10)2)16-12(3)7-17-9-14-8-15-17/h8-13,16H,4-7H2,1-3H3/t10-,11+,12+,13+/m0/s1. The van der Waals surface area contributed by atoms with Gasteiger partial charge < -0.3 is 5.32 Å². The molecule has 0 bridgehead atoms. The van der Waals surface area contributed by atoms with E-state index in [1.165, 1.54) is 19.3 Å². The van der Waals surface area contributed by atoms with Crippen molar-refractivity contribution >= 4 is 0 Å². The average Bonchev–Trinajstić information content (AvgIpc) is 2.76. The van der Waals surface area contributed by atoms with Crippen molar-refractivity contribution in [1.29, 1.82) is 0 Å². The van der Waals surface area contributed by atoms with E-state index < -0.39 is 0 Å². The van der Waals surface area contributed by atoms with Gasteiger partial charge in [-0.25, -0.2) is 4.98 Å². The van der Waals surface area contributed by atoms with E-state index in [4.69, 9.17) is 0 Å². The van der Waals surface area contributed by atoms with E-state index in [1.807, 2.05) is 4.68 Å². The highest BCUT2D eigenvalue weighted by Gasteiger charge is 2.25. The van der Waals surface area contributed by atoms with Crippen LogP contribution in [0.1, 0.15) is 40.0 Å². The third-order valence-electron chi connectivity index (χ3n) is 4.05. The van der Waals surface area contributed by atoms with E-state index >= 15 is 0 Å². The lowest BCUT2D eigenvalue weighted by molar-refractivity contribution is 0.212. The van der Waals surface area contributed by atoms with Crippen molar-refractivity contribution in [3.05, 3.63) is 12.7 Å². The Morgan fingerprint density at radius 2 is 2.18 bits per heavy atom. The summed E-state index contributed by atoms with van der Waals surface area (Å²) in [7, 11) is 0. The van der Waals surface area contributed by atoms with E-state index in [-0.39, 0.29) is 0 Å². The molecule has 1 fully saturated rings. The Morgan fingerprint density at radius 1 is 1.35 bits per heavy atom. The average molecular weight is 236 g/mol. The molecule has 0 unspecified atom stereocenters. The van der Waals surface area contributed by atoms with Gasteiger partial charge in [-0.2, -0.15) is 5.10 Å². The molecule has 4 atom stereocenters. The summed E-state index contributed by atoms with van der Waals surface area (Å²) in [5.41, 5.74) is 0. The first-order valence-electron chi connectivity index (χ1n) is 6.73. The maximum atomic E-state index is 4.14. The number of nitrogens with zero attached hydrogens (tertiary/aromatic N) is 3. The van der Waals surface area contributed by atoms with Crippen LogP contribution in [-0.4, -0.2) is 26.8 Å². The van der Waals surface area contributed by atoms with Crippen LogP contribution in [0.25, 0.3) is 0 Å². The maximum absolute atomic E-state index is 4.14. The normalized spacial score (nSPS) is 31.4. The lowest BCUT2D eigenvalue weighted by atomic mass is 9.79. The topological polar surface area (TPSA) is 42.7 Å². The van der Waals surface area contributed by atoms with Crippen LogP contribution < -0.4 is 5.32 Å². The zero-order valence-electron chi connectivity index (χ0n) is 11.1. The molecule has 0 amide bonds. The molecule has 1 aliphatic rings. The lowest BCUT2D eigenvalue weighted by Crippen LogP contribution is -2.42. The summed E-state index contributed by atoms with van der Waals surface area (Å²) in [6, 6.07) is 1.14. The number of aromatic nitrogens is 3. The molecule has 1 heterocycles. The molecule has 4 nitrogen and oxygen atoms in total. The summed E-state index contributed by atoms with van der Waals surface area (Å²) >= 11 is 0. The van der Waals surface area contributed by atoms with Gasteiger partial charge in [0.2, 0.25) is 0 Å². The maximum Gasteiger partial charge on any atom is 0.137 e. The summed E-state index contributed by atoms with van der Waals surface area (Å²) in [6.45, 7) is 7.88. The molecule has 1 aliphatic carbocycles. The van der Waals surface area contributed by atoms with Gasteiger partial charge in [-0.1, -0.05) is 13.8 Å². The number of rotatable bonds is 4. The van der Waals surface area contributed by atoms with Crippen LogP contribution in [-0.2, 0) is 6.54 Å². The zero-order chi connectivity index (χ0) is 12.3. The molecule has 1 aromatic rings. The SMILES string of the molecule is C[C@H](Cn1cncn1)N[C@@H]1CC[C@H](C)[C@H](C)C1. The highest BCUT2D eigenvalue weighted by atomic mass is 15.3. The molecule has 0 aliphatic heterocycles. The fraction of sp³-hybridized carbons (Fsp3) is 0.846. The van der Waals surface area contributed by atoms with Gasteiger partial charge in [-0.3, -0.25) is 4.68 Å². The van der Waals surface area contributed by atoms with Crippen LogP contribution in [0.2, 0.25) is 0 Å². The molecule has 4 heteroatoms. The molecule has 0 aromatic carbocycles. The summed E-state index contributed by atoms with van der Waals surface area (Å²) in [5, 5.41) is 7.86. The van der Waals surface area contributed by atoms with Gasteiger partial charge in [0.1, 0.15) is 12.7 Å². The van der Waals surface area contributed by atoms with Crippen molar-refractivity contribution < 1.29 is 0 Å². The Bertz CT molecular complexity index is 322. The van der Waals surface area contributed by atoms with Gasteiger partial charge >= 0.3 is 0 Å². The Labute approximate surface area is 104 Å². The first-order valence-corrected chi connectivity index (χ1v) is 6.73. The highest BCUT2D eigenvalue weighted by Crippen LogP contribution is 2.29. The summed E-state index contributed by atoms with van der Waals surface area (Å²) in [6.07, 6.45) is 7.35. The van der Waals surface area contributed by atoms with Crippen molar-refractivity contribution in [1.82, 2.24) is 20.1 Å². The molecule has 1 N–H and O–H groups in total. The number of hydrogen-bond donors (Lipinski definition) is 1.